The summed E-state index contributed by atoms with van der Waals surface area (Å²) in [6, 6.07) is 7.22. The minimum atomic E-state index is -3.48. The Labute approximate surface area is 205 Å². The second-order valence-electron chi connectivity index (χ2n) is 7.79. The highest BCUT2D eigenvalue weighted by Crippen LogP contribution is 2.38. The molecule has 5 rings (SSSR count). The van der Waals surface area contributed by atoms with Gasteiger partial charge in [0.25, 0.3) is 0 Å². The molecule has 0 saturated heterocycles. The normalized spacial score (nSPS) is 14.5. The number of H-pyrrole nitrogens is 1. The average molecular weight is 520 g/mol. The molecule has 0 saturated carbocycles. The first-order valence-electron chi connectivity index (χ1n) is 10.3. The molecule has 0 fully saturated rings. The van der Waals surface area contributed by atoms with E-state index in [2.05, 4.69) is 20.2 Å². The van der Waals surface area contributed by atoms with E-state index in [0.717, 1.165) is 17.2 Å². The number of hydrogen-bond acceptors (Lipinski definition) is 7. The number of benzene rings is 1. The van der Waals surface area contributed by atoms with E-state index >= 15 is 0 Å². The molecule has 1 aliphatic heterocycles. The molecule has 3 aromatic heterocycles. The van der Waals surface area contributed by atoms with E-state index in [9.17, 15) is 8.42 Å². The van der Waals surface area contributed by atoms with Crippen molar-refractivity contribution in [1.29, 1.82) is 0 Å². The van der Waals surface area contributed by atoms with E-state index in [-0.39, 0.29) is 19.0 Å². The van der Waals surface area contributed by atoms with Gasteiger partial charge < -0.3 is 9.47 Å². The summed E-state index contributed by atoms with van der Waals surface area (Å²) in [5.74, 6) is 0.850. The fourth-order valence-corrected chi connectivity index (χ4v) is 5.48. The van der Waals surface area contributed by atoms with Crippen molar-refractivity contribution in [3.63, 3.8) is 0 Å². The highest BCUT2D eigenvalue weighted by Gasteiger charge is 2.27. The van der Waals surface area contributed by atoms with Crippen LogP contribution in [0.1, 0.15) is 18.6 Å². The number of pyridine rings is 2. The van der Waals surface area contributed by atoms with E-state index in [1.54, 1.807) is 12.3 Å². The summed E-state index contributed by atoms with van der Waals surface area (Å²) in [5, 5.41) is 9.04. The average Bonchev–Trinajstić information content (AvgIpc) is 3.21. The predicted molar refractivity (Wildman–Crippen MR) is 130 cm³/mol. The maximum absolute atomic E-state index is 12.3. The summed E-state index contributed by atoms with van der Waals surface area (Å²) in [6.07, 6.45) is 5.37. The van der Waals surface area contributed by atoms with Crippen molar-refractivity contribution in [3.05, 3.63) is 58.5 Å². The zero-order chi connectivity index (χ0) is 24.0. The van der Waals surface area contributed by atoms with Gasteiger partial charge in [-0.2, -0.15) is 5.10 Å². The molecule has 4 heterocycles. The van der Waals surface area contributed by atoms with Crippen LogP contribution in [0.4, 0.5) is 5.69 Å². The molecule has 0 bridgehead atoms. The van der Waals surface area contributed by atoms with Gasteiger partial charge in [0.1, 0.15) is 29.8 Å². The predicted octanol–water partition coefficient (Wildman–Crippen LogP) is 4.63. The molecular formula is C22H19Cl2N5O4S. The molecule has 0 amide bonds. The van der Waals surface area contributed by atoms with Gasteiger partial charge in [0.15, 0.2) is 0 Å². The van der Waals surface area contributed by atoms with Gasteiger partial charge in [0, 0.05) is 35.1 Å². The van der Waals surface area contributed by atoms with Crippen molar-refractivity contribution >= 4 is 49.8 Å². The highest BCUT2D eigenvalue weighted by molar-refractivity contribution is 7.92. The Balaban J connectivity index is 1.52. The molecule has 0 spiro atoms. The van der Waals surface area contributed by atoms with Crippen LogP contribution in [0.5, 0.6) is 11.6 Å². The topological polar surface area (TPSA) is 110 Å². The lowest BCUT2D eigenvalue weighted by Crippen LogP contribution is -2.37. The lowest BCUT2D eigenvalue weighted by Gasteiger charge is -2.28. The second-order valence-corrected chi connectivity index (χ2v) is 10.5. The third kappa shape index (κ3) is 4.13. The summed E-state index contributed by atoms with van der Waals surface area (Å²) in [5.41, 5.74) is 3.04. The zero-order valence-electron chi connectivity index (χ0n) is 18.1. The molecule has 1 aromatic carbocycles. The van der Waals surface area contributed by atoms with Crippen molar-refractivity contribution in [2.75, 3.05) is 23.7 Å². The molecule has 4 aromatic rings. The third-order valence-corrected chi connectivity index (χ3v) is 7.23. The minimum Gasteiger partial charge on any atom is -0.486 e. The third-order valence-electron chi connectivity index (χ3n) is 5.45. The Morgan fingerprint density at radius 3 is 2.68 bits per heavy atom. The van der Waals surface area contributed by atoms with Crippen LogP contribution in [-0.2, 0) is 10.0 Å². The molecular weight excluding hydrogens is 501 g/mol. The SMILES string of the molecule is C[C@@H](Oc1ccc2[nH]nc(-c3cnc4c(c3)N(S(C)(=O)=O)CCO4)c2c1)c1c(Cl)cncc1Cl. The van der Waals surface area contributed by atoms with Crippen LogP contribution in [0, 0.1) is 0 Å². The van der Waals surface area contributed by atoms with Gasteiger partial charge in [-0.1, -0.05) is 23.2 Å². The summed E-state index contributed by atoms with van der Waals surface area (Å²) < 4.78 is 37.5. The number of halogens is 2. The van der Waals surface area contributed by atoms with Gasteiger partial charge in [0.2, 0.25) is 15.9 Å². The van der Waals surface area contributed by atoms with Gasteiger partial charge in [-0.15, -0.1) is 0 Å². The summed E-state index contributed by atoms with van der Waals surface area (Å²) >= 11 is 12.5. The van der Waals surface area contributed by atoms with Gasteiger partial charge in [0.05, 0.1) is 28.4 Å². The molecule has 1 aliphatic rings. The number of nitrogens with one attached hydrogen (secondary N) is 1. The number of aromatic nitrogens is 4. The quantitative estimate of drug-likeness (QED) is 0.409. The lowest BCUT2D eigenvalue weighted by atomic mass is 10.1. The van der Waals surface area contributed by atoms with Crippen LogP contribution in [0.2, 0.25) is 10.0 Å². The van der Waals surface area contributed by atoms with E-state index in [0.29, 0.717) is 38.3 Å². The van der Waals surface area contributed by atoms with Crippen molar-refractivity contribution < 1.29 is 17.9 Å². The fraction of sp³-hybridized carbons (Fsp3) is 0.227. The van der Waals surface area contributed by atoms with Crippen LogP contribution in [0.15, 0.2) is 42.9 Å². The monoisotopic (exact) mass is 519 g/mol. The lowest BCUT2D eigenvalue weighted by molar-refractivity contribution is 0.227. The van der Waals surface area contributed by atoms with Crippen LogP contribution < -0.4 is 13.8 Å². The summed E-state index contributed by atoms with van der Waals surface area (Å²) in [4.78, 5) is 8.30. The number of rotatable bonds is 5. The summed E-state index contributed by atoms with van der Waals surface area (Å²) in [7, 11) is -3.48. The Bertz CT molecular complexity index is 1490. The number of ether oxygens (including phenoxy) is 2. The molecule has 34 heavy (non-hydrogen) atoms. The van der Waals surface area contributed by atoms with Gasteiger partial charge in [-0.05, 0) is 31.2 Å². The molecule has 1 atom stereocenters. The molecule has 12 heteroatoms. The van der Waals surface area contributed by atoms with E-state index in [4.69, 9.17) is 32.7 Å². The standard InChI is InChI=1S/C22H19Cl2N5O4S/c1-12(20-16(23)10-25-11-17(20)24)33-14-3-4-18-15(8-14)21(28-27-18)13-7-19-22(26-9-13)32-6-5-29(19)34(2,30)31/h3-4,7-12H,5-6H2,1-2H3,(H,27,28)/t12-/m1/s1. The van der Waals surface area contributed by atoms with E-state index in [1.165, 1.54) is 16.7 Å². The fourth-order valence-electron chi connectivity index (χ4n) is 3.91. The maximum atomic E-state index is 12.3. The van der Waals surface area contributed by atoms with Gasteiger partial charge in [-0.3, -0.25) is 14.4 Å². The van der Waals surface area contributed by atoms with E-state index in [1.807, 2.05) is 25.1 Å². The maximum Gasteiger partial charge on any atom is 0.238 e. The number of nitrogens with zero attached hydrogens (tertiary/aromatic N) is 4. The zero-order valence-corrected chi connectivity index (χ0v) is 20.4. The first-order valence-corrected chi connectivity index (χ1v) is 12.9. The van der Waals surface area contributed by atoms with Crippen molar-refractivity contribution in [3.8, 4) is 22.9 Å². The Morgan fingerprint density at radius 2 is 1.94 bits per heavy atom. The molecule has 176 valence electrons. The minimum absolute atomic E-state index is 0.217. The molecule has 9 nitrogen and oxygen atoms in total. The second kappa shape index (κ2) is 8.61. The first kappa shape index (κ1) is 22.7. The highest BCUT2D eigenvalue weighted by atomic mass is 35.5. The van der Waals surface area contributed by atoms with Crippen molar-refractivity contribution in [2.45, 2.75) is 13.0 Å². The molecule has 0 unspecified atom stereocenters. The summed E-state index contributed by atoms with van der Waals surface area (Å²) in [6.45, 7) is 2.30. The van der Waals surface area contributed by atoms with Crippen LogP contribution in [0.25, 0.3) is 22.2 Å². The van der Waals surface area contributed by atoms with Crippen LogP contribution >= 0.6 is 23.2 Å². The van der Waals surface area contributed by atoms with Gasteiger partial charge in [-0.25, -0.2) is 13.4 Å². The van der Waals surface area contributed by atoms with Crippen LogP contribution in [0.3, 0.4) is 0 Å². The number of sulfonamides is 1. The number of aromatic amines is 1. The number of anilines is 1. The Kier molecular flexibility index (Phi) is 5.75. The number of hydrogen-bond donors (Lipinski definition) is 1. The number of fused-ring (bicyclic) bond motifs is 2. The van der Waals surface area contributed by atoms with Gasteiger partial charge >= 0.3 is 0 Å². The van der Waals surface area contributed by atoms with E-state index < -0.39 is 16.1 Å². The van der Waals surface area contributed by atoms with Crippen LogP contribution in [-0.4, -0.2) is 48.0 Å². The largest absolute Gasteiger partial charge is 0.486 e. The van der Waals surface area contributed by atoms with Crippen molar-refractivity contribution in [2.24, 2.45) is 0 Å². The molecule has 1 N–H and O–H groups in total. The Hall–Kier alpha value is -3.08. The molecule has 0 aliphatic carbocycles. The smallest absolute Gasteiger partial charge is 0.238 e. The van der Waals surface area contributed by atoms with Crippen molar-refractivity contribution in [1.82, 2.24) is 20.2 Å². The Morgan fingerprint density at radius 1 is 1.18 bits per heavy atom. The molecule has 0 radical (unpaired) electrons. The first-order chi connectivity index (χ1) is 16.2.